The molecular formula is C17H30N6O2. The summed E-state index contributed by atoms with van der Waals surface area (Å²) >= 11 is 0. The zero-order chi connectivity index (χ0) is 18.1. The third-order valence-corrected chi connectivity index (χ3v) is 5.39. The number of imide groups is 1. The van der Waals surface area contributed by atoms with Crippen molar-refractivity contribution in [2.24, 2.45) is 10.9 Å². The van der Waals surface area contributed by atoms with Gasteiger partial charge in [0.15, 0.2) is 18.2 Å². The van der Waals surface area contributed by atoms with Crippen molar-refractivity contribution in [1.82, 2.24) is 24.9 Å². The first kappa shape index (κ1) is 18.0. The molecule has 0 spiro atoms. The van der Waals surface area contributed by atoms with Crippen molar-refractivity contribution in [1.29, 1.82) is 0 Å². The number of carbonyl (C=O) groups excluding carboxylic acids is 2. The van der Waals surface area contributed by atoms with Crippen LogP contribution in [0, 0.1) is 5.92 Å². The van der Waals surface area contributed by atoms with E-state index in [2.05, 4.69) is 40.8 Å². The summed E-state index contributed by atoms with van der Waals surface area (Å²) in [6, 6.07) is -0.781. The van der Waals surface area contributed by atoms with Crippen molar-refractivity contribution in [3.05, 3.63) is 0 Å². The number of likely N-dealkylation sites (N-methyl/N-ethyl adjacent to an activating group) is 2. The molecule has 2 fully saturated rings. The van der Waals surface area contributed by atoms with Gasteiger partial charge in [0.2, 0.25) is 0 Å². The first-order valence-electron chi connectivity index (χ1n) is 9.31. The SMILES string of the molecule is CCN1CCN(C2=NC3C(C(=O)NC(=O)N3C)N2CCC(C)C)CC1. The van der Waals surface area contributed by atoms with Gasteiger partial charge < -0.3 is 19.6 Å². The number of guanidine groups is 1. The summed E-state index contributed by atoms with van der Waals surface area (Å²) in [5.41, 5.74) is 0. The summed E-state index contributed by atoms with van der Waals surface area (Å²) in [5.74, 6) is 1.19. The quantitative estimate of drug-likeness (QED) is 0.785. The molecule has 3 aliphatic heterocycles. The van der Waals surface area contributed by atoms with Crippen LogP contribution in [0.25, 0.3) is 0 Å². The number of nitrogens with one attached hydrogen (secondary N) is 1. The molecule has 8 heteroatoms. The van der Waals surface area contributed by atoms with Gasteiger partial charge in [-0.25, -0.2) is 9.79 Å². The van der Waals surface area contributed by atoms with E-state index < -0.39 is 12.2 Å². The predicted molar refractivity (Wildman–Crippen MR) is 96.2 cm³/mol. The third kappa shape index (κ3) is 3.44. The van der Waals surface area contributed by atoms with Gasteiger partial charge in [-0.2, -0.15) is 0 Å². The van der Waals surface area contributed by atoms with Crippen molar-refractivity contribution in [3.63, 3.8) is 0 Å². The fourth-order valence-corrected chi connectivity index (χ4v) is 3.68. The van der Waals surface area contributed by atoms with Crippen LogP contribution in [0.1, 0.15) is 27.2 Å². The number of nitrogens with zero attached hydrogens (tertiary/aromatic N) is 5. The van der Waals surface area contributed by atoms with Crippen LogP contribution in [-0.2, 0) is 4.79 Å². The minimum atomic E-state index is -0.424. The molecule has 2 unspecified atom stereocenters. The van der Waals surface area contributed by atoms with Crippen molar-refractivity contribution >= 4 is 17.9 Å². The lowest BCUT2D eigenvalue weighted by atomic mass is 10.1. The maximum Gasteiger partial charge on any atom is 0.325 e. The Morgan fingerprint density at radius 3 is 2.48 bits per heavy atom. The van der Waals surface area contributed by atoms with Gasteiger partial charge >= 0.3 is 6.03 Å². The Kier molecular flexibility index (Phi) is 5.17. The lowest BCUT2D eigenvalue weighted by molar-refractivity contribution is -0.127. The normalized spacial score (nSPS) is 27.7. The largest absolute Gasteiger partial charge is 0.340 e. The highest BCUT2D eigenvalue weighted by atomic mass is 16.2. The van der Waals surface area contributed by atoms with Gasteiger partial charge in [0.05, 0.1) is 0 Å². The molecule has 0 aromatic rings. The topological polar surface area (TPSA) is 71.5 Å². The lowest BCUT2D eigenvalue weighted by Crippen LogP contribution is -2.64. The van der Waals surface area contributed by atoms with Crippen molar-refractivity contribution in [2.45, 2.75) is 39.4 Å². The molecule has 1 N–H and O–H groups in total. The summed E-state index contributed by atoms with van der Waals surface area (Å²) in [6.07, 6.45) is 0.565. The zero-order valence-corrected chi connectivity index (χ0v) is 15.7. The number of hydrogen-bond donors (Lipinski definition) is 1. The first-order valence-corrected chi connectivity index (χ1v) is 9.31. The van der Waals surface area contributed by atoms with E-state index in [-0.39, 0.29) is 11.9 Å². The smallest absolute Gasteiger partial charge is 0.325 e. The minimum Gasteiger partial charge on any atom is -0.340 e. The maximum absolute atomic E-state index is 12.5. The van der Waals surface area contributed by atoms with Gasteiger partial charge in [-0.1, -0.05) is 20.8 Å². The standard InChI is InChI=1S/C17H30N6O2/c1-5-21-8-10-22(11-9-21)16-18-14-13(23(16)7-6-12(2)3)15(24)19-17(25)20(14)4/h12-14H,5-11H2,1-4H3,(H,19,24,25). The Bertz CT molecular complexity index is 555. The Morgan fingerprint density at radius 2 is 1.88 bits per heavy atom. The minimum absolute atomic E-state index is 0.234. The Balaban J connectivity index is 1.82. The molecule has 2 atom stereocenters. The number of fused-ring (bicyclic) bond motifs is 1. The molecular weight excluding hydrogens is 320 g/mol. The summed E-state index contributed by atoms with van der Waals surface area (Å²) in [6.45, 7) is 12.2. The lowest BCUT2D eigenvalue weighted by Gasteiger charge is -2.40. The van der Waals surface area contributed by atoms with Crippen LogP contribution in [0.5, 0.6) is 0 Å². The molecule has 3 aliphatic rings. The van der Waals surface area contributed by atoms with Crippen LogP contribution >= 0.6 is 0 Å². The van der Waals surface area contributed by atoms with E-state index in [1.54, 1.807) is 11.9 Å². The Hall–Kier alpha value is -1.83. The van der Waals surface area contributed by atoms with Gasteiger partial charge in [0.25, 0.3) is 5.91 Å². The fourth-order valence-electron chi connectivity index (χ4n) is 3.68. The Morgan fingerprint density at radius 1 is 1.20 bits per heavy atom. The number of aliphatic imine (C=N–C) groups is 1. The number of rotatable bonds is 4. The van der Waals surface area contributed by atoms with E-state index >= 15 is 0 Å². The van der Waals surface area contributed by atoms with Gasteiger partial charge in [-0.15, -0.1) is 0 Å². The average molecular weight is 350 g/mol. The molecule has 0 radical (unpaired) electrons. The van der Waals surface area contributed by atoms with Gasteiger partial charge in [0.1, 0.15) is 0 Å². The number of carbonyl (C=O) groups is 2. The monoisotopic (exact) mass is 350 g/mol. The average Bonchev–Trinajstić information content (AvgIpc) is 2.98. The highest BCUT2D eigenvalue weighted by molar-refractivity contribution is 6.03. The van der Waals surface area contributed by atoms with E-state index in [0.717, 1.165) is 51.6 Å². The summed E-state index contributed by atoms with van der Waals surface area (Å²) in [5, 5.41) is 2.46. The van der Waals surface area contributed by atoms with E-state index in [4.69, 9.17) is 4.99 Å². The van der Waals surface area contributed by atoms with Crippen LogP contribution in [-0.4, -0.2) is 96.0 Å². The number of piperazine rings is 1. The third-order valence-electron chi connectivity index (χ3n) is 5.39. The number of urea groups is 1. The summed E-state index contributed by atoms with van der Waals surface area (Å²) in [4.78, 5) is 37.7. The zero-order valence-electron chi connectivity index (χ0n) is 15.7. The van der Waals surface area contributed by atoms with E-state index in [0.29, 0.717) is 5.92 Å². The highest BCUT2D eigenvalue weighted by Crippen LogP contribution is 2.26. The molecule has 0 aliphatic carbocycles. The van der Waals surface area contributed by atoms with Crippen LogP contribution < -0.4 is 5.32 Å². The van der Waals surface area contributed by atoms with E-state index in [1.807, 2.05) is 0 Å². The second kappa shape index (κ2) is 7.19. The molecule has 0 aromatic heterocycles. The first-order chi connectivity index (χ1) is 11.9. The van der Waals surface area contributed by atoms with Crippen LogP contribution in [0.3, 0.4) is 0 Å². The second-order valence-corrected chi connectivity index (χ2v) is 7.49. The predicted octanol–water partition coefficient (Wildman–Crippen LogP) is 0.218. The van der Waals surface area contributed by atoms with Crippen molar-refractivity contribution in [3.8, 4) is 0 Å². The number of hydrogen-bond acceptors (Lipinski definition) is 6. The molecule has 3 amide bonds. The molecule has 0 bridgehead atoms. The maximum atomic E-state index is 12.5. The Labute approximate surface area is 149 Å². The van der Waals surface area contributed by atoms with Gasteiger partial charge in [-0.05, 0) is 18.9 Å². The van der Waals surface area contributed by atoms with Gasteiger partial charge in [0, 0.05) is 39.8 Å². The molecule has 3 heterocycles. The second-order valence-electron chi connectivity index (χ2n) is 7.49. The van der Waals surface area contributed by atoms with E-state index in [1.165, 1.54) is 0 Å². The van der Waals surface area contributed by atoms with Crippen molar-refractivity contribution in [2.75, 3.05) is 46.3 Å². The molecule has 0 aromatic carbocycles. The molecule has 2 saturated heterocycles. The van der Waals surface area contributed by atoms with Crippen LogP contribution in [0.15, 0.2) is 4.99 Å². The number of amides is 3. The van der Waals surface area contributed by atoms with Crippen LogP contribution in [0.4, 0.5) is 4.79 Å². The molecule has 140 valence electrons. The highest BCUT2D eigenvalue weighted by Gasteiger charge is 2.49. The van der Waals surface area contributed by atoms with E-state index in [9.17, 15) is 9.59 Å². The molecule has 25 heavy (non-hydrogen) atoms. The fraction of sp³-hybridized carbons (Fsp3) is 0.824. The molecule has 0 saturated carbocycles. The van der Waals surface area contributed by atoms with Crippen molar-refractivity contribution < 1.29 is 9.59 Å². The van der Waals surface area contributed by atoms with Gasteiger partial charge in [-0.3, -0.25) is 10.1 Å². The molecule has 3 rings (SSSR count). The summed E-state index contributed by atoms with van der Waals surface area (Å²) < 4.78 is 0. The van der Waals surface area contributed by atoms with Crippen LogP contribution in [0.2, 0.25) is 0 Å². The molecule has 8 nitrogen and oxygen atoms in total. The summed E-state index contributed by atoms with van der Waals surface area (Å²) in [7, 11) is 1.71.